The maximum absolute atomic E-state index is 12.9. The third kappa shape index (κ3) is 6.60. The lowest BCUT2D eigenvalue weighted by Gasteiger charge is -2.32. The molecule has 0 aliphatic carbocycles. The molecule has 0 saturated carbocycles. The first kappa shape index (κ1) is 29.2. The van der Waals surface area contributed by atoms with Gasteiger partial charge in [0.1, 0.15) is 6.61 Å². The Morgan fingerprint density at radius 2 is 1.74 bits per heavy atom. The average Bonchev–Trinajstić information content (AvgIpc) is 3.33. The number of H-pyrrole nitrogens is 1. The van der Waals surface area contributed by atoms with Crippen LogP contribution in [0.2, 0.25) is 0 Å². The summed E-state index contributed by atoms with van der Waals surface area (Å²) in [6, 6.07) is 20.1. The summed E-state index contributed by atoms with van der Waals surface area (Å²) in [5.74, 6) is -0.595. The summed E-state index contributed by atoms with van der Waals surface area (Å²) in [5, 5.41) is 11.7. The Bertz CT molecular complexity index is 1600. The molecule has 5 rings (SSSR count). The minimum absolute atomic E-state index is 0.0310. The van der Waals surface area contributed by atoms with Crippen molar-refractivity contribution in [3.63, 3.8) is 0 Å². The Morgan fingerprint density at radius 3 is 2.45 bits per heavy atom. The smallest absolute Gasteiger partial charge is 0.337 e. The van der Waals surface area contributed by atoms with E-state index < -0.39 is 5.97 Å². The molecule has 0 unspecified atom stereocenters. The van der Waals surface area contributed by atoms with Crippen molar-refractivity contribution in [2.75, 3.05) is 60.1 Å². The number of carbonyl (C=O) groups excluding carboxylic acids is 2. The number of aromatic amines is 1. The predicted molar refractivity (Wildman–Crippen MR) is 163 cm³/mol. The second-order valence-corrected chi connectivity index (χ2v) is 10.5. The maximum atomic E-state index is 12.9. The summed E-state index contributed by atoms with van der Waals surface area (Å²) in [5.41, 5.74) is 4.85. The molecule has 0 radical (unpaired) electrons. The van der Waals surface area contributed by atoms with Gasteiger partial charge in [0.25, 0.3) is 0 Å². The van der Waals surface area contributed by atoms with E-state index >= 15 is 0 Å². The van der Waals surface area contributed by atoms with Crippen molar-refractivity contribution in [2.24, 2.45) is 4.99 Å². The number of benzene rings is 3. The Kier molecular flexibility index (Phi) is 9.12. The van der Waals surface area contributed by atoms with Gasteiger partial charge in [0.05, 0.1) is 36.2 Å². The molecule has 0 atom stereocenters. The third-order valence-corrected chi connectivity index (χ3v) is 7.62. The molecule has 0 spiro atoms. The highest BCUT2D eigenvalue weighted by atomic mass is 16.5. The molecule has 218 valence electrons. The molecular formula is C33H36N4O5. The van der Waals surface area contributed by atoms with Gasteiger partial charge in [-0.3, -0.25) is 9.69 Å². The molecular weight excluding hydrogens is 532 g/mol. The number of fused-ring (bicyclic) bond motifs is 1. The first-order chi connectivity index (χ1) is 20.3. The van der Waals surface area contributed by atoms with E-state index in [0.717, 1.165) is 43.9 Å². The van der Waals surface area contributed by atoms with Crippen molar-refractivity contribution in [3.05, 3.63) is 94.5 Å². The normalized spacial score (nSPS) is 14.8. The van der Waals surface area contributed by atoms with E-state index in [4.69, 9.17) is 14.5 Å². The molecule has 0 amide bonds. The van der Waals surface area contributed by atoms with Crippen LogP contribution < -0.4 is 0 Å². The van der Waals surface area contributed by atoms with Crippen LogP contribution in [-0.4, -0.2) is 97.4 Å². The monoisotopic (exact) mass is 568 g/mol. The second kappa shape index (κ2) is 13.1. The van der Waals surface area contributed by atoms with Gasteiger partial charge >= 0.3 is 5.97 Å². The zero-order valence-corrected chi connectivity index (χ0v) is 24.2. The lowest BCUT2D eigenvalue weighted by Crippen LogP contribution is -2.45. The largest absolute Gasteiger partial charge is 0.494 e. The summed E-state index contributed by atoms with van der Waals surface area (Å²) >= 11 is 0. The molecule has 4 aromatic rings. The van der Waals surface area contributed by atoms with E-state index in [9.17, 15) is 14.7 Å². The molecule has 42 heavy (non-hydrogen) atoms. The minimum atomic E-state index is -0.463. The van der Waals surface area contributed by atoms with E-state index in [1.807, 2.05) is 43.3 Å². The van der Waals surface area contributed by atoms with Crippen molar-refractivity contribution in [1.29, 1.82) is 0 Å². The molecule has 1 aliphatic rings. The fourth-order valence-corrected chi connectivity index (χ4v) is 5.20. The van der Waals surface area contributed by atoms with Crippen molar-refractivity contribution < 1.29 is 24.2 Å². The molecule has 1 aromatic heterocycles. The zero-order chi connectivity index (χ0) is 29.6. The average molecular weight is 569 g/mol. The summed E-state index contributed by atoms with van der Waals surface area (Å²) in [7, 11) is 3.46. The van der Waals surface area contributed by atoms with E-state index in [0.29, 0.717) is 45.6 Å². The third-order valence-electron chi connectivity index (χ3n) is 7.62. The molecule has 1 fully saturated rings. The number of piperazine rings is 1. The number of rotatable bonds is 10. The minimum Gasteiger partial charge on any atom is -0.494 e. The van der Waals surface area contributed by atoms with Gasteiger partial charge in [0.15, 0.2) is 11.7 Å². The highest BCUT2D eigenvalue weighted by Gasteiger charge is 2.20. The summed E-state index contributed by atoms with van der Waals surface area (Å²) < 4.78 is 10.6. The number of hydrogen-bond acceptors (Lipinski definition) is 8. The Labute approximate surface area is 245 Å². The number of esters is 1. The molecule has 0 bridgehead atoms. The van der Waals surface area contributed by atoms with Crippen molar-refractivity contribution >= 4 is 34.1 Å². The van der Waals surface area contributed by atoms with Crippen LogP contribution in [0, 0.1) is 6.92 Å². The number of carbonyl (C=O) groups is 2. The molecule has 2 N–H and O–H groups in total. The van der Waals surface area contributed by atoms with Crippen LogP contribution in [0.3, 0.4) is 0 Å². The number of ketones is 1. The van der Waals surface area contributed by atoms with Crippen LogP contribution in [0.25, 0.3) is 10.9 Å². The topological polar surface area (TPSA) is 107 Å². The number of nitrogens with zero attached hydrogens (tertiary/aromatic N) is 3. The SMILES string of the molecule is COC(=O)c1ccc2c(C(=Nc3ccc(C(=O)COCCN4CCN(C)CC4)c(C)c3)c3ccccc3)c(O)[nH]c2c1. The lowest BCUT2D eigenvalue weighted by atomic mass is 9.99. The van der Waals surface area contributed by atoms with Gasteiger partial charge in [-0.1, -0.05) is 36.4 Å². The van der Waals surface area contributed by atoms with E-state index in [-0.39, 0.29) is 18.3 Å². The number of hydrogen-bond donors (Lipinski definition) is 2. The van der Waals surface area contributed by atoms with Gasteiger partial charge in [-0.05, 0) is 49.9 Å². The standard InChI is InChI=1S/C33H36N4O5/c1-22-19-25(10-12-26(22)29(38)21-42-18-17-37-15-13-36(2)14-16-37)34-31(23-7-5-4-6-8-23)30-27-11-9-24(33(40)41-3)20-28(27)35-32(30)39/h4-12,19-20,35,39H,13-18,21H2,1-3H3. The first-order valence-electron chi connectivity index (χ1n) is 14.0. The second-order valence-electron chi connectivity index (χ2n) is 10.5. The molecule has 9 heteroatoms. The fourth-order valence-electron chi connectivity index (χ4n) is 5.20. The fraction of sp³-hybridized carbons (Fsp3) is 0.303. The number of methoxy groups -OCH3 is 1. The van der Waals surface area contributed by atoms with Crippen LogP contribution >= 0.6 is 0 Å². The molecule has 2 heterocycles. The van der Waals surface area contributed by atoms with Gasteiger partial charge in [-0.2, -0.15) is 0 Å². The Hall–Kier alpha value is -4.31. The van der Waals surface area contributed by atoms with Crippen LogP contribution in [0.15, 0.2) is 71.7 Å². The number of nitrogens with one attached hydrogen (secondary N) is 1. The first-order valence-corrected chi connectivity index (χ1v) is 14.0. The van der Waals surface area contributed by atoms with E-state index in [2.05, 4.69) is 21.8 Å². The molecule has 1 saturated heterocycles. The highest BCUT2D eigenvalue weighted by molar-refractivity contribution is 6.22. The van der Waals surface area contributed by atoms with Crippen LogP contribution in [0.5, 0.6) is 5.88 Å². The van der Waals surface area contributed by atoms with Gasteiger partial charge in [-0.25, -0.2) is 9.79 Å². The van der Waals surface area contributed by atoms with Crippen LogP contribution in [0.1, 0.15) is 37.4 Å². The molecule has 3 aromatic carbocycles. The lowest BCUT2D eigenvalue weighted by molar-refractivity contribution is 0.0600. The number of likely N-dealkylation sites (N-methyl/N-ethyl adjacent to an activating group) is 1. The van der Waals surface area contributed by atoms with Gasteiger partial charge in [-0.15, -0.1) is 0 Å². The van der Waals surface area contributed by atoms with Crippen LogP contribution in [0.4, 0.5) is 5.69 Å². The maximum Gasteiger partial charge on any atom is 0.337 e. The summed E-state index contributed by atoms with van der Waals surface area (Å²) in [6.45, 7) is 7.40. The Morgan fingerprint density at radius 1 is 0.976 bits per heavy atom. The van der Waals surface area contributed by atoms with Crippen LogP contribution in [-0.2, 0) is 9.47 Å². The van der Waals surface area contributed by atoms with Crippen molar-refractivity contribution in [2.45, 2.75) is 6.92 Å². The number of aryl methyl sites for hydroxylation is 1. The molecule has 9 nitrogen and oxygen atoms in total. The quantitative estimate of drug-likeness (QED) is 0.125. The number of Topliss-reactive ketones (excluding diaryl/α,β-unsaturated/α-hetero) is 1. The predicted octanol–water partition coefficient (Wildman–Crippen LogP) is 4.58. The van der Waals surface area contributed by atoms with Crippen molar-refractivity contribution in [1.82, 2.24) is 14.8 Å². The number of aromatic nitrogens is 1. The van der Waals surface area contributed by atoms with Gasteiger partial charge < -0.3 is 24.5 Å². The van der Waals surface area contributed by atoms with Crippen molar-refractivity contribution in [3.8, 4) is 5.88 Å². The number of aliphatic imine (C=N–C) groups is 1. The number of ether oxygens (including phenoxy) is 2. The summed E-state index contributed by atoms with van der Waals surface area (Å²) in [6.07, 6.45) is 0. The number of aromatic hydroxyl groups is 1. The van der Waals surface area contributed by atoms with E-state index in [1.54, 1.807) is 30.3 Å². The summed E-state index contributed by atoms with van der Waals surface area (Å²) in [4.78, 5) is 37.6. The zero-order valence-electron chi connectivity index (χ0n) is 24.2. The Balaban J connectivity index is 1.37. The van der Waals surface area contributed by atoms with Gasteiger partial charge in [0, 0.05) is 54.8 Å². The van der Waals surface area contributed by atoms with E-state index in [1.165, 1.54) is 7.11 Å². The van der Waals surface area contributed by atoms with Gasteiger partial charge in [0.2, 0.25) is 0 Å². The highest BCUT2D eigenvalue weighted by Crippen LogP contribution is 2.32. The molecule has 1 aliphatic heterocycles.